The van der Waals surface area contributed by atoms with Crippen LogP contribution in [0.2, 0.25) is 0 Å². The molecule has 0 radical (unpaired) electrons. The molecular weight excluding hydrogens is 181 g/mol. The van der Waals surface area contributed by atoms with E-state index in [9.17, 15) is 4.39 Å². The highest BCUT2D eigenvalue weighted by Crippen LogP contribution is 2.26. The number of aliphatic hydroxyl groups excluding tert-OH is 1. The Balaban J connectivity index is 3.07. The van der Waals surface area contributed by atoms with E-state index in [4.69, 9.17) is 10.4 Å². The predicted molar refractivity (Wildman–Crippen MR) is 51.1 cm³/mol. The Morgan fingerprint density at radius 1 is 1.57 bits per heavy atom. The molecule has 1 aromatic carbocycles. The van der Waals surface area contributed by atoms with Crippen LogP contribution >= 0.6 is 0 Å². The van der Waals surface area contributed by atoms with Gasteiger partial charge in [-0.15, -0.1) is 0 Å². The Labute approximate surface area is 82.6 Å². The van der Waals surface area contributed by atoms with Gasteiger partial charge >= 0.3 is 0 Å². The molecule has 14 heavy (non-hydrogen) atoms. The summed E-state index contributed by atoms with van der Waals surface area (Å²) in [5.74, 6) is -0.359. The summed E-state index contributed by atoms with van der Waals surface area (Å²) in [4.78, 5) is 0. The summed E-state index contributed by atoms with van der Waals surface area (Å²) in [6.45, 7) is 1.61. The van der Waals surface area contributed by atoms with Gasteiger partial charge in [0.25, 0.3) is 0 Å². The SMILES string of the molecule is CC(C#N)(CCO)c1cccc(F)c1. The molecule has 0 fully saturated rings. The summed E-state index contributed by atoms with van der Waals surface area (Å²) in [5, 5.41) is 17.8. The van der Waals surface area contributed by atoms with Gasteiger partial charge in [-0.2, -0.15) is 5.26 Å². The zero-order chi connectivity index (χ0) is 10.6. The fraction of sp³-hybridized carbons (Fsp3) is 0.364. The Hall–Kier alpha value is -1.40. The molecule has 1 rings (SSSR count). The zero-order valence-corrected chi connectivity index (χ0v) is 8.00. The molecule has 0 heterocycles. The number of halogens is 1. The standard InChI is InChI=1S/C11H12FNO/c1-11(8-13,5-6-14)9-3-2-4-10(12)7-9/h2-4,7,14H,5-6H2,1H3. The molecule has 0 saturated carbocycles. The molecule has 0 aliphatic heterocycles. The fourth-order valence-electron chi connectivity index (χ4n) is 1.32. The molecule has 3 heteroatoms. The van der Waals surface area contributed by atoms with E-state index in [0.717, 1.165) is 0 Å². The number of hydrogen-bond acceptors (Lipinski definition) is 2. The van der Waals surface area contributed by atoms with E-state index in [-0.39, 0.29) is 12.4 Å². The highest BCUT2D eigenvalue weighted by atomic mass is 19.1. The minimum atomic E-state index is -0.809. The molecule has 1 aromatic rings. The van der Waals surface area contributed by atoms with Crippen molar-refractivity contribution in [3.05, 3.63) is 35.6 Å². The lowest BCUT2D eigenvalue weighted by Crippen LogP contribution is -2.21. The summed E-state index contributed by atoms with van der Waals surface area (Å²) >= 11 is 0. The Morgan fingerprint density at radius 2 is 2.29 bits per heavy atom. The van der Waals surface area contributed by atoms with E-state index in [2.05, 4.69) is 6.07 Å². The number of nitrogens with zero attached hydrogens (tertiary/aromatic N) is 1. The molecule has 1 unspecified atom stereocenters. The van der Waals surface area contributed by atoms with Gasteiger partial charge in [0, 0.05) is 6.61 Å². The van der Waals surface area contributed by atoms with E-state index < -0.39 is 5.41 Å². The van der Waals surface area contributed by atoms with Crippen LogP contribution in [0.25, 0.3) is 0 Å². The minimum Gasteiger partial charge on any atom is -0.396 e. The van der Waals surface area contributed by atoms with Crippen molar-refractivity contribution in [3.8, 4) is 6.07 Å². The molecule has 0 amide bonds. The maximum absolute atomic E-state index is 12.9. The first-order valence-corrected chi connectivity index (χ1v) is 4.40. The Kier molecular flexibility index (Phi) is 3.21. The minimum absolute atomic E-state index is 0.0828. The fourth-order valence-corrected chi connectivity index (χ4v) is 1.32. The van der Waals surface area contributed by atoms with Crippen LogP contribution < -0.4 is 0 Å². The molecule has 1 N–H and O–H groups in total. The van der Waals surface area contributed by atoms with Crippen molar-refractivity contribution in [1.29, 1.82) is 5.26 Å². The first kappa shape index (κ1) is 10.7. The van der Waals surface area contributed by atoms with Crippen LogP contribution in [-0.4, -0.2) is 11.7 Å². The Morgan fingerprint density at radius 3 is 2.79 bits per heavy atom. The molecule has 74 valence electrons. The predicted octanol–water partition coefficient (Wildman–Crippen LogP) is 1.99. The number of benzene rings is 1. The van der Waals surface area contributed by atoms with Crippen molar-refractivity contribution in [1.82, 2.24) is 0 Å². The van der Waals surface area contributed by atoms with Gasteiger partial charge in [-0.1, -0.05) is 12.1 Å². The topological polar surface area (TPSA) is 44.0 Å². The molecule has 0 aliphatic rings. The van der Waals surface area contributed by atoms with Gasteiger partial charge in [-0.05, 0) is 31.0 Å². The third kappa shape index (κ3) is 2.09. The second-order valence-corrected chi connectivity index (χ2v) is 3.43. The van der Waals surface area contributed by atoms with E-state index in [1.165, 1.54) is 12.1 Å². The van der Waals surface area contributed by atoms with E-state index in [0.29, 0.717) is 12.0 Å². The van der Waals surface area contributed by atoms with Crippen molar-refractivity contribution in [2.45, 2.75) is 18.8 Å². The van der Waals surface area contributed by atoms with Crippen LogP contribution in [0.5, 0.6) is 0 Å². The molecule has 2 nitrogen and oxygen atoms in total. The zero-order valence-electron chi connectivity index (χ0n) is 8.00. The van der Waals surface area contributed by atoms with Crippen LogP contribution in [0, 0.1) is 17.1 Å². The van der Waals surface area contributed by atoms with Gasteiger partial charge in [0.15, 0.2) is 0 Å². The summed E-state index contributed by atoms with van der Waals surface area (Å²) < 4.78 is 12.9. The number of nitriles is 1. The lowest BCUT2D eigenvalue weighted by molar-refractivity contribution is 0.263. The second kappa shape index (κ2) is 4.21. The normalized spacial score (nSPS) is 14.4. The smallest absolute Gasteiger partial charge is 0.123 e. The summed E-state index contributed by atoms with van der Waals surface area (Å²) in [7, 11) is 0. The van der Waals surface area contributed by atoms with E-state index >= 15 is 0 Å². The van der Waals surface area contributed by atoms with Crippen molar-refractivity contribution in [3.63, 3.8) is 0 Å². The highest BCUT2D eigenvalue weighted by Gasteiger charge is 2.25. The van der Waals surface area contributed by atoms with Crippen LogP contribution in [0.3, 0.4) is 0 Å². The maximum atomic E-state index is 12.9. The van der Waals surface area contributed by atoms with Gasteiger partial charge in [0.2, 0.25) is 0 Å². The van der Waals surface area contributed by atoms with Gasteiger partial charge in [-0.25, -0.2) is 4.39 Å². The van der Waals surface area contributed by atoms with Gasteiger partial charge < -0.3 is 5.11 Å². The summed E-state index contributed by atoms with van der Waals surface area (Å²) in [5.41, 5.74) is -0.203. The lowest BCUT2D eigenvalue weighted by Gasteiger charge is -2.20. The third-order valence-electron chi connectivity index (χ3n) is 2.32. The molecule has 0 aromatic heterocycles. The first-order chi connectivity index (χ1) is 6.62. The average Bonchev–Trinajstić information content (AvgIpc) is 2.18. The van der Waals surface area contributed by atoms with Crippen LogP contribution in [0.1, 0.15) is 18.9 Å². The van der Waals surface area contributed by atoms with Crippen molar-refractivity contribution in [2.75, 3.05) is 6.61 Å². The van der Waals surface area contributed by atoms with Gasteiger partial charge in [0.05, 0.1) is 11.5 Å². The first-order valence-electron chi connectivity index (χ1n) is 4.40. The van der Waals surface area contributed by atoms with Crippen molar-refractivity contribution in [2.24, 2.45) is 0 Å². The Bertz CT molecular complexity index is 359. The quantitative estimate of drug-likeness (QED) is 0.797. The molecule has 0 aliphatic carbocycles. The van der Waals surface area contributed by atoms with Crippen molar-refractivity contribution < 1.29 is 9.50 Å². The second-order valence-electron chi connectivity index (χ2n) is 3.43. The van der Waals surface area contributed by atoms with E-state index in [1.807, 2.05) is 0 Å². The highest BCUT2D eigenvalue weighted by molar-refractivity contribution is 5.31. The molecule has 1 atom stereocenters. The molecule has 0 saturated heterocycles. The number of hydrogen-bond donors (Lipinski definition) is 1. The summed E-state index contributed by atoms with van der Waals surface area (Å²) in [6.07, 6.45) is 0.312. The van der Waals surface area contributed by atoms with E-state index in [1.54, 1.807) is 19.1 Å². The van der Waals surface area contributed by atoms with Crippen LogP contribution in [0.15, 0.2) is 24.3 Å². The average molecular weight is 193 g/mol. The van der Waals surface area contributed by atoms with Crippen LogP contribution in [0.4, 0.5) is 4.39 Å². The monoisotopic (exact) mass is 193 g/mol. The molecule has 0 bridgehead atoms. The lowest BCUT2D eigenvalue weighted by atomic mass is 9.81. The summed E-state index contributed by atoms with van der Waals surface area (Å²) in [6, 6.07) is 8.03. The molecular formula is C11H12FNO. The van der Waals surface area contributed by atoms with Crippen molar-refractivity contribution >= 4 is 0 Å². The third-order valence-corrected chi connectivity index (χ3v) is 2.32. The largest absolute Gasteiger partial charge is 0.396 e. The van der Waals surface area contributed by atoms with Gasteiger partial charge in [0.1, 0.15) is 5.82 Å². The number of rotatable bonds is 3. The van der Waals surface area contributed by atoms with Gasteiger partial charge in [-0.3, -0.25) is 0 Å². The molecule has 0 spiro atoms. The number of aliphatic hydroxyl groups is 1. The van der Waals surface area contributed by atoms with Crippen LogP contribution in [-0.2, 0) is 5.41 Å². The maximum Gasteiger partial charge on any atom is 0.123 e.